The van der Waals surface area contributed by atoms with Crippen LogP contribution >= 0.6 is 0 Å². The van der Waals surface area contributed by atoms with Crippen molar-refractivity contribution < 1.29 is 9.90 Å². The Morgan fingerprint density at radius 3 is 2.48 bits per heavy atom. The number of nitrogens with one attached hydrogen (secondary N) is 1. The highest BCUT2D eigenvalue weighted by atomic mass is 16.4. The molecule has 0 amide bonds. The van der Waals surface area contributed by atoms with E-state index >= 15 is 0 Å². The summed E-state index contributed by atoms with van der Waals surface area (Å²) in [5, 5.41) is 12.8. The van der Waals surface area contributed by atoms with Gasteiger partial charge in [0.25, 0.3) is 0 Å². The van der Waals surface area contributed by atoms with Crippen molar-refractivity contribution in [1.82, 2.24) is 5.32 Å². The van der Waals surface area contributed by atoms with E-state index in [1.807, 2.05) is 30.3 Å². The third-order valence-corrected chi connectivity index (χ3v) is 5.29. The van der Waals surface area contributed by atoms with Crippen LogP contribution in [0.2, 0.25) is 0 Å². The summed E-state index contributed by atoms with van der Waals surface area (Å²) in [6.45, 7) is 0. The lowest BCUT2D eigenvalue weighted by Crippen LogP contribution is -2.55. The Morgan fingerprint density at radius 1 is 1.19 bits per heavy atom. The summed E-state index contributed by atoms with van der Waals surface area (Å²) < 4.78 is 0. The van der Waals surface area contributed by atoms with E-state index in [4.69, 9.17) is 0 Å². The third kappa shape index (κ3) is 3.46. The number of hydrogen-bond donors (Lipinski definition) is 2. The van der Waals surface area contributed by atoms with Gasteiger partial charge >= 0.3 is 5.97 Å². The molecule has 0 radical (unpaired) electrons. The minimum atomic E-state index is -0.733. The molecule has 114 valence electrons. The maximum absolute atomic E-state index is 11.5. The number of carboxylic acid groups (broad SMARTS) is 1. The predicted molar refractivity (Wildman–Crippen MR) is 83.2 cm³/mol. The average Bonchev–Trinajstić information content (AvgIpc) is 2.47. The fourth-order valence-electron chi connectivity index (χ4n) is 4.17. The average molecular weight is 287 g/mol. The molecule has 1 spiro atoms. The maximum atomic E-state index is 11.5. The molecular weight excluding hydrogens is 262 g/mol. The molecule has 2 saturated carbocycles. The monoisotopic (exact) mass is 287 g/mol. The molecule has 2 aliphatic carbocycles. The van der Waals surface area contributed by atoms with Crippen LogP contribution in [0.25, 0.3) is 0 Å². The van der Waals surface area contributed by atoms with Gasteiger partial charge in [-0.1, -0.05) is 49.6 Å². The lowest BCUT2D eigenvalue weighted by atomic mass is 9.58. The number of hydrogen-bond acceptors (Lipinski definition) is 2. The molecule has 3 rings (SSSR count). The van der Waals surface area contributed by atoms with Crippen LogP contribution in [-0.2, 0) is 11.2 Å². The summed E-state index contributed by atoms with van der Waals surface area (Å²) >= 11 is 0. The van der Waals surface area contributed by atoms with E-state index in [2.05, 4.69) is 5.32 Å². The van der Waals surface area contributed by atoms with Gasteiger partial charge in [-0.25, -0.2) is 0 Å². The van der Waals surface area contributed by atoms with Gasteiger partial charge in [-0.3, -0.25) is 4.79 Å². The van der Waals surface area contributed by atoms with Crippen LogP contribution in [-0.4, -0.2) is 23.2 Å². The maximum Gasteiger partial charge on any atom is 0.321 e. The smallest absolute Gasteiger partial charge is 0.321 e. The van der Waals surface area contributed by atoms with E-state index in [-0.39, 0.29) is 0 Å². The van der Waals surface area contributed by atoms with Gasteiger partial charge in [-0.15, -0.1) is 0 Å². The van der Waals surface area contributed by atoms with Gasteiger partial charge in [0.2, 0.25) is 0 Å². The Kier molecular flexibility index (Phi) is 4.29. The molecule has 3 nitrogen and oxygen atoms in total. The minimum Gasteiger partial charge on any atom is -0.480 e. The van der Waals surface area contributed by atoms with Gasteiger partial charge in [0.15, 0.2) is 0 Å². The summed E-state index contributed by atoms with van der Waals surface area (Å²) in [6.07, 6.45) is 9.71. The van der Waals surface area contributed by atoms with Gasteiger partial charge in [0.1, 0.15) is 6.04 Å². The second-order valence-corrected chi connectivity index (χ2v) is 6.91. The molecule has 1 atom stereocenters. The number of aliphatic carboxylic acids is 1. The summed E-state index contributed by atoms with van der Waals surface area (Å²) in [4.78, 5) is 11.5. The van der Waals surface area contributed by atoms with Crippen LogP contribution in [0.5, 0.6) is 0 Å². The molecule has 0 heterocycles. The normalized spacial score (nSPS) is 22.7. The quantitative estimate of drug-likeness (QED) is 0.873. The molecule has 1 aromatic rings. The van der Waals surface area contributed by atoms with Crippen LogP contribution in [0.4, 0.5) is 0 Å². The Labute approximate surface area is 126 Å². The molecule has 2 fully saturated rings. The van der Waals surface area contributed by atoms with E-state index in [9.17, 15) is 9.90 Å². The van der Waals surface area contributed by atoms with Gasteiger partial charge < -0.3 is 10.4 Å². The van der Waals surface area contributed by atoms with Gasteiger partial charge in [-0.05, 0) is 43.1 Å². The van der Waals surface area contributed by atoms with Crippen molar-refractivity contribution in [2.24, 2.45) is 5.41 Å². The molecule has 2 N–H and O–H groups in total. The van der Waals surface area contributed by atoms with E-state index < -0.39 is 12.0 Å². The van der Waals surface area contributed by atoms with Crippen LogP contribution in [0.1, 0.15) is 50.5 Å². The fraction of sp³-hybridized carbons (Fsp3) is 0.611. The Hall–Kier alpha value is -1.35. The van der Waals surface area contributed by atoms with Gasteiger partial charge in [0.05, 0.1) is 0 Å². The van der Waals surface area contributed by atoms with Crippen molar-refractivity contribution in [3.63, 3.8) is 0 Å². The van der Waals surface area contributed by atoms with Crippen LogP contribution in [0.15, 0.2) is 30.3 Å². The third-order valence-electron chi connectivity index (χ3n) is 5.29. The standard InChI is InChI=1S/C18H25NO2/c20-17(21)16(11-14-7-3-1-4-8-14)19-15-12-18(13-15)9-5-2-6-10-18/h1,3-4,7-8,15-16,19H,2,5-6,9-13H2,(H,20,21)/t16-/m0/s1. The van der Waals surface area contributed by atoms with E-state index in [1.54, 1.807) is 0 Å². The molecule has 0 saturated heterocycles. The van der Waals surface area contributed by atoms with Gasteiger partial charge in [0, 0.05) is 6.04 Å². The van der Waals surface area contributed by atoms with Crippen LogP contribution in [0.3, 0.4) is 0 Å². The SMILES string of the molecule is O=C(O)[C@H](Cc1ccccc1)NC1CC2(CCCCC2)C1. The highest BCUT2D eigenvalue weighted by Crippen LogP contribution is 2.51. The molecule has 21 heavy (non-hydrogen) atoms. The lowest BCUT2D eigenvalue weighted by Gasteiger charge is -2.51. The Morgan fingerprint density at radius 2 is 1.86 bits per heavy atom. The van der Waals surface area contributed by atoms with Crippen molar-refractivity contribution in [2.75, 3.05) is 0 Å². The van der Waals surface area contributed by atoms with Crippen molar-refractivity contribution in [1.29, 1.82) is 0 Å². The first kappa shape index (κ1) is 14.6. The number of carboxylic acids is 1. The number of carbonyl (C=O) groups is 1. The first-order valence-corrected chi connectivity index (χ1v) is 8.20. The summed E-state index contributed by atoms with van der Waals surface area (Å²) in [7, 11) is 0. The van der Waals surface area contributed by atoms with Crippen LogP contribution < -0.4 is 5.32 Å². The van der Waals surface area contributed by atoms with E-state index in [1.165, 1.54) is 44.9 Å². The Bertz CT molecular complexity index is 471. The van der Waals surface area contributed by atoms with Crippen LogP contribution in [0, 0.1) is 5.41 Å². The first-order valence-electron chi connectivity index (χ1n) is 8.20. The molecule has 2 aliphatic rings. The second kappa shape index (κ2) is 6.18. The fourth-order valence-corrected chi connectivity index (χ4v) is 4.17. The summed E-state index contributed by atoms with van der Waals surface area (Å²) in [6, 6.07) is 9.84. The molecular formula is C18H25NO2. The minimum absolute atomic E-state index is 0.396. The molecule has 1 aromatic carbocycles. The van der Waals surface area contributed by atoms with Gasteiger partial charge in [-0.2, -0.15) is 0 Å². The molecule has 0 unspecified atom stereocenters. The van der Waals surface area contributed by atoms with E-state index in [0.717, 1.165) is 5.56 Å². The second-order valence-electron chi connectivity index (χ2n) is 6.91. The lowest BCUT2D eigenvalue weighted by molar-refractivity contribution is -0.140. The van der Waals surface area contributed by atoms with Crippen molar-refractivity contribution in [3.05, 3.63) is 35.9 Å². The summed E-state index contributed by atoms with van der Waals surface area (Å²) in [5.41, 5.74) is 1.63. The van der Waals surface area contributed by atoms with Crippen molar-refractivity contribution in [2.45, 2.75) is 63.5 Å². The zero-order valence-electron chi connectivity index (χ0n) is 12.6. The Balaban J connectivity index is 1.53. The zero-order valence-corrected chi connectivity index (χ0v) is 12.6. The van der Waals surface area contributed by atoms with E-state index in [0.29, 0.717) is 17.9 Å². The predicted octanol–water partition coefficient (Wildman–Crippen LogP) is 3.38. The number of rotatable bonds is 5. The molecule has 0 aromatic heterocycles. The largest absolute Gasteiger partial charge is 0.480 e. The highest BCUT2D eigenvalue weighted by molar-refractivity contribution is 5.74. The highest BCUT2D eigenvalue weighted by Gasteiger charge is 2.45. The summed E-state index contributed by atoms with van der Waals surface area (Å²) in [5.74, 6) is -0.733. The molecule has 3 heteroatoms. The molecule has 0 aliphatic heterocycles. The van der Waals surface area contributed by atoms with Crippen molar-refractivity contribution >= 4 is 5.97 Å². The van der Waals surface area contributed by atoms with Crippen molar-refractivity contribution in [3.8, 4) is 0 Å². The number of benzene rings is 1. The first-order chi connectivity index (χ1) is 10.2. The zero-order chi connectivity index (χ0) is 14.7. The molecule has 0 bridgehead atoms. The topological polar surface area (TPSA) is 49.3 Å².